The van der Waals surface area contributed by atoms with Gasteiger partial charge in [0.2, 0.25) is 0 Å². The highest BCUT2D eigenvalue weighted by Crippen LogP contribution is 2.46. The van der Waals surface area contributed by atoms with Crippen molar-refractivity contribution in [2.24, 2.45) is 10.7 Å². The van der Waals surface area contributed by atoms with Crippen LogP contribution in [0.2, 0.25) is 0 Å². The van der Waals surface area contributed by atoms with Gasteiger partial charge in [0, 0.05) is 27.6 Å². The van der Waals surface area contributed by atoms with Crippen LogP contribution in [-0.4, -0.2) is 10.4 Å². The van der Waals surface area contributed by atoms with Gasteiger partial charge in [-0.1, -0.05) is 231 Å². The summed E-state index contributed by atoms with van der Waals surface area (Å²) in [4.78, 5) is 5.13. The molecule has 0 saturated carbocycles. The van der Waals surface area contributed by atoms with E-state index in [1.54, 1.807) is 0 Å². The summed E-state index contributed by atoms with van der Waals surface area (Å²) in [7, 11) is 0. The molecule has 3 heteroatoms. The van der Waals surface area contributed by atoms with Crippen molar-refractivity contribution in [1.29, 1.82) is 0 Å². The highest BCUT2D eigenvalue weighted by Gasteiger charge is 2.20. The fraction of sp³-hybridized carbons (Fsp3) is 0.0156. The second kappa shape index (κ2) is 17.0. The highest BCUT2D eigenvalue weighted by molar-refractivity contribution is 6.28. The maximum absolute atomic E-state index is 6.78. The standard InChI is InChI=1S/C64H45N3/c65-64(49-20-6-2-7-21-49)66-58(42-33-43-31-34-45(35-32-43)52-28-16-29-56-53-25-14-15-30-59(53)67(63(52)56)50-22-8-3-9-23-50)46-36-38-48(39-37-46)61-55-27-13-12-26-54(55)60(47-18-4-1-5-19-47)57-41-40-44-17-10-11-24-51(44)62(57)61/h1-32,34-42H,33H2,(H2,65,66)/b58-42-. The van der Waals surface area contributed by atoms with E-state index < -0.39 is 0 Å². The predicted octanol–water partition coefficient (Wildman–Crippen LogP) is 16.2. The number of allylic oxidation sites excluding steroid dienone is 1. The molecule has 0 saturated heterocycles. The van der Waals surface area contributed by atoms with E-state index >= 15 is 0 Å². The first-order chi connectivity index (χ1) is 33.2. The molecule has 12 rings (SSSR count). The van der Waals surface area contributed by atoms with Gasteiger partial charge in [-0.2, -0.15) is 0 Å². The topological polar surface area (TPSA) is 43.3 Å². The molecule has 0 aliphatic carbocycles. The van der Waals surface area contributed by atoms with Crippen molar-refractivity contribution in [2.75, 3.05) is 0 Å². The van der Waals surface area contributed by atoms with E-state index in [9.17, 15) is 0 Å². The van der Waals surface area contributed by atoms with E-state index in [-0.39, 0.29) is 0 Å². The second-order valence-electron chi connectivity index (χ2n) is 17.2. The Labute approximate surface area is 390 Å². The maximum atomic E-state index is 6.78. The van der Waals surface area contributed by atoms with Crippen LogP contribution in [0.4, 0.5) is 0 Å². The summed E-state index contributed by atoms with van der Waals surface area (Å²) in [5, 5.41) is 9.91. The Balaban J connectivity index is 0.950. The van der Waals surface area contributed by atoms with Gasteiger partial charge in [0.05, 0.1) is 16.7 Å². The largest absolute Gasteiger partial charge is 0.383 e. The van der Waals surface area contributed by atoms with Gasteiger partial charge in [0.15, 0.2) is 0 Å². The van der Waals surface area contributed by atoms with Crippen molar-refractivity contribution in [1.82, 2.24) is 4.57 Å². The van der Waals surface area contributed by atoms with Crippen LogP contribution in [0.3, 0.4) is 0 Å². The molecule has 67 heavy (non-hydrogen) atoms. The monoisotopic (exact) mass is 855 g/mol. The Kier molecular flexibility index (Phi) is 10.1. The molecule has 0 radical (unpaired) electrons. The van der Waals surface area contributed by atoms with E-state index in [2.05, 4.69) is 223 Å². The van der Waals surface area contributed by atoms with Gasteiger partial charge in [-0.3, -0.25) is 0 Å². The first kappa shape index (κ1) is 39.8. The molecule has 11 aromatic carbocycles. The minimum Gasteiger partial charge on any atom is -0.383 e. The lowest BCUT2D eigenvalue weighted by Gasteiger charge is -2.19. The lowest BCUT2D eigenvalue weighted by Crippen LogP contribution is -2.13. The molecule has 2 N–H and O–H groups in total. The third-order valence-electron chi connectivity index (χ3n) is 13.3. The van der Waals surface area contributed by atoms with E-state index in [4.69, 9.17) is 10.7 Å². The molecule has 0 fully saturated rings. The average Bonchev–Trinajstić information content (AvgIpc) is 3.75. The molecule has 3 nitrogen and oxygen atoms in total. The van der Waals surface area contributed by atoms with Crippen molar-refractivity contribution < 1.29 is 0 Å². The SMILES string of the molecule is NC(=N/C(=C\Cc1ccc(-c2cccc3c4ccccc4n(-c4ccccc4)c23)cc1)c1ccc(-c2c3ccccc3c(-c3ccccc3)c3ccc4ccccc4c23)cc1)c1ccccc1. The van der Waals surface area contributed by atoms with Gasteiger partial charge >= 0.3 is 0 Å². The number of hydrogen-bond acceptors (Lipinski definition) is 1. The van der Waals surface area contributed by atoms with Crippen LogP contribution in [0.5, 0.6) is 0 Å². The van der Waals surface area contributed by atoms with Gasteiger partial charge in [-0.15, -0.1) is 0 Å². The molecular formula is C64H45N3. The van der Waals surface area contributed by atoms with Crippen molar-refractivity contribution in [3.8, 4) is 39.1 Å². The molecule has 0 spiro atoms. The molecule has 12 aromatic rings. The first-order valence-electron chi connectivity index (χ1n) is 23.0. The Morgan fingerprint density at radius 3 is 1.75 bits per heavy atom. The van der Waals surface area contributed by atoms with Crippen molar-refractivity contribution in [2.45, 2.75) is 6.42 Å². The fourth-order valence-electron chi connectivity index (χ4n) is 10.1. The lowest BCUT2D eigenvalue weighted by molar-refractivity contribution is 1.18. The number of hydrogen-bond donors (Lipinski definition) is 1. The summed E-state index contributed by atoms with van der Waals surface area (Å²) in [6, 6.07) is 86.9. The Bertz CT molecular complexity index is 3850. The Morgan fingerprint density at radius 1 is 0.418 bits per heavy atom. The molecule has 316 valence electrons. The van der Waals surface area contributed by atoms with Crippen molar-refractivity contribution in [3.63, 3.8) is 0 Å². The number of amidine groups is 1. The summed E-state index contributed by atoms with van der Waals surface area (Å²) in [5.41, 5.74) is 21.5. The fourth-order valence-corrected chi connectivity index (χ4v) is 10.1. The van der Waals surface area contributed by atoms with Crippen molar-refractivity contribution >= 4 is 65.7 Å². The molecule has 0 unspecified atom stereocenters. The van der Waals surface area contributed by atoms with Crippen LogP contribution in [0.1, 0.15) is 16.7 Å². The molecule has 0 aliphatic heterocycles. The number of rotatable bonds is 9. The first-order valence-corrected chi connectivity index (χ1v) is 23.0. The molecular weight excluding hydrogens is 811 g/mol. The smallest absolute Gasteiger partial charge is 0.131 e. The number of nitrogens with zero attached hydrogens (tertiary/aromatic N) is 2. The van der Waals surface area contributed by atoms with Crippen LogP contribution < -0.4 is 5.73 Å². The third kappa shape index (κ3) is 7.15. The van der Waals surface area contributed by atoms with E-state index in [1.807, 2.05) is 30.3 Å². The summed E-state index contributed by atoms with van der Waals surface area (Å²) >= 11 is 0. The second-order valence-corrected chi connectivity index (χ2v) is 17.2. The number of nitrogens with two attached hydrogens (primary N) is 1. The normalized spacial score (nSPS) is 12.2. The maximum Gasteiger partial charge on any atom is 0.131 e. The van der Waals surface area contributed by atoms with Crippen LogP contribution in [0.15, 0.2) is 254 Å². The number of para-hydroxylation sites is 3. The summed E-state index contributed by atoms with van der Waals surface area (Å²) < 4.78 is 2.40. The number of benzene rings is 11. The zero-order valence-corrected chi connectivity index (χ0v) is 36.9. The molecule has 0 amide bonds. The summed E-state index contributed by atoms with van der Waals surface area (Å²) in [6.07, 6.45) is 2.89. The van der Waals surface area contributed by atoms with E-state index in [0.717, 1.165) is 28.1 Å². The molecule has 1 aromatic heterocycles. The van der Waals surface area contributed by atoms with Gasteiger partial charge in [0.25, 0.3) is 0 Å². The quantitative estimate of drug-likeness (QED) is 0.0668. The average molecular weight is 856 g/mol. The minimum absolute atomic E-state index is 0.480. The van der Waals surface area contributed by atoms with Crippen LogP contribution in [-0.2, 0) is 6.42 Å². The molecule has 0 aliphatic rings. The minimum atomic E-state index is 0.480. The van der Waals surface area contributed by atoms with Crippen LogP contribution >= 0.6 is 0 Å². The van der Waals surface area contributed by atoms with Gasteiger partial charge in [0.1, 0.15) is 5.84 Å². The number of aromatic nitrogens is 1. The van der Waals surface area contributed by atoms with Gasteiger partial charge in [-0.25, -0.2) is 4.99 Å². The van der Waals surface area contributed by atoms with E-state index in [0.29, 0.717) is 12.3 Å². The zero-order valence-electron chi connectivity index (χ0n) is 36.9. The van der Waals surface area contributed by atoms with Crippen LogP contribution in [0, 0.1) is 0 Å². The summed E-state index contributed by atoms with van der Waals surface area (Å²) in [6.45, 7) is 0. The molecule has 0 atom stereocenters. The third-order valence-corrected chi connectivity index (χ3v) is 13.3. The molecule has 1 heterocycles. The lowest BCUT2D eigenvalue weighted by atomic mass is 9.84. The Morgan fingerprint density at radius 2 is 1.00 bits per heavy atom. The predicted molar refractivity (Wildman–Crippen MR) is 285 cm³/mol. The zero-order chi connectivity index (χ0) is 44.7. The summed E-state index contributed by atoms with van der Waals surface area (Å²) in [5.74, 6) is 0.480. The highest BCUT2D eigenvalue weighted by atomic mass is 15.0. The van der Waals surface area contributed by atoms with E-state index in [1.165, 1.54) is 87.5 Å². The van der Waals surface area contributed by atoms with Crippen molar-refractivity contribution in [3.05, 3.63) is 265 Å². The number of aliphatic imine (C=N–C) groups is 1. The van der Waals surface area contributed by atoms with Crippen LogP contribution in [0.25, 0.3) is 98.9 Å². The number of fused-ring (bicyclic) bond motifs is 7. The Hall–Kier alpha value is -8.79. The van der Waals surface area contributed by atoms with Gasteiger partial charge < -0.3 is 10.3 Å². The van der Waals surface area contributed by atoms with Gasteiger partial charge in [-0.05, 0) is 95.9 Å². The molecule has 0 bridgehead atoms.